The van der Waals surface area contributed by atoms with Crippen molar-refractivity contribution in [2.45, 2.75) is 25.6 Å². The largest absolute Gasteiger partial charge is 0.454 e. The molecule has 0 saturated carbocycles. The number of anilines is 1. The van der Waals surface area contributed by atoms with Gasteiger partial charge in [-0.15, -0.1) is 11.8 Å². The van der Waals surface area contributed by atoms with E-state index < -0.39 is 0 Å². The van der Waals surface area contributed by atoms with Crippen LogP contribution in [0.1, 0.15) is 33.2 Å². The average Bonchev–Trinajstić information content (AvgIpc) is 3.65. The molecule has 1 atom stereocenters. The van der Waals surface area contributed by atoms with Crippen LogP contribution in [-0.4, -0.2) is 45.7 Å². The van der Waals surface area contributed by atoms with Crippen molar-refractivity contribution in [1.82, 2.24) is 20.1 Å². The zero-order valence-electron chi connectivity index (χ0n) is 24.9. The Labute approximate surface area is 265 Å². The maximum absolute atomic E-state index is 14.0. The molecule has 0 spiro atoms. The van der Waals surface area contributed by atoms with Crippen molar-refractivity contribution in [3.05, 3.63) is 119 Å². The van der Waals surface area contributed by atoms with Crippen molar-refractivity contribution >= 4 is 29.4 Å². The summed E-state index contributed by atoms with van der Waals surface area (Å²) in [5.41, 5.74) is 7.16. The van der Waals surface area contributed by atoms with Gasteiger partial charge in [0.05, 0.1) is 34.6 Å². The molecule has 2 amide bonds. The van der Waals surface area contributed by atoms with E-state index in [0.29, 0.717) is 17.3 Å². The Balaban J connectivity index is 1.40. The maximum atomic E-state index is 14.0. The number of benzene rings is 3. The van der Waals surface area contributed by atoms with Crippen molar-refractivity contribution in [1.29, 1.82) is 0 Å². The molecular formula is C35H31N5O4S. The van der Waals surface area contributed by atoms with E-state index in [1.165, 1.54) is 11.8 Å². The predicted octanol–water partition coefficient (Wildman–Crippen LogP) is 5.77. The van der Waals surface area contributed by atoms with Gasteiger partial charge in [0.25, 0.3) is 0 Å². The molecule has 10 heteroatoms. The Hall–Kier alpha value is -5.09. The number of ether oxygens (including phenoxy) is 2. The fourth-order valence-corrected chi connectivity index (χ4v) is 6.96. The summed E-state index contributed by atoms with van der Waals surface area (Å²) >= 11 is 1.52. The van der Waals surface area contributed by atoms with E-state index in [1.54, 1.807) is 11.1 Å². The molecule has 226 valence electrons. The zero-order chi connectivity index (χ0) is 30.9. The number of nitrogens with zero attached hydrogens (tertiary/aromatic N) is 4. The fraction of sp³-hybridized carbons (Fsp3) is 0.200. The standard InChI is InChI=1S/C35H31N5O4S/c1-22-11-13-27(23(2)16-22)40-35-32(33(38-40)24-8-4-3-5-9-24)34(25-12-14-28-29(17-25)44-21-43-28)45-20-31(42)39(35)19-30(41)37-18-26-10-6-7-15-36-26/h3-17,34H,18-21H2,1-2H3,(H,37,41). The number of hydrogen-bond donors (Lipinski definition) is 1. The SMILES string of the molecule is Cc1ccc(-n2nc(-c3ccccc3)c3c2N(CC(=O)NCc2ccccn2)C(=O)CSC3c2ccc3c(c2)OCO3)c(C)c1. The van der Waals surface area contributed by atoms with Gasteiger partial charge in [-0.05, 0) is 55.3 Å². The summed E-state index contributed by atoms with van der Waals surface area (Å²) in [6.07, 6.45) is 1.69. The Morgan fingerprint density at radius 1 is 0.978 bits per heavy atom. The molecule has 2 aliphatic heterocycles. The smallest absolute Gasteiger partial charge is 0.240 e. The van der Waals surface area contributed by atoms with E-state index in [2.05, 4.69) is 16.4 Å². The van der Waals surface area contributed by atoms with Gasteiger partial charge in [0.1, 0.15) is 12.4 Å². The number of fused-ring (bicyclic) bond motifs is 2. The molecule has 0 bridgehead atoms. The van der Waals surface area contributed by atoms with Crippen LogP contribution in [0.5, 0.6) is 11.5 Å². The lowest BCUT2D eigenvalue weighted by Crippen LogP contribution is -2.42. The summed E-state index contributed by atoms with van der Waals surface area (Å²) < 4.78 is 13.2. The summed E-state index contributed by atoms with van der Waals surface area (Å²) in [7, 11) is 0. The van der Waals surface area contributed by atoms with Crippen molar-refractivity contribution in [2.24, 2.45) is 0 Å². The molecule has 0 aliphatic carbocycles. The minimum Gasteiger partial charge on any atom is -0.454 e. The highest BCUT2D eigenvalue weighted by atomic mass is 32.2. The van der Waals surface area contributed by atoms with Gasteiger partial charge in [0.2, 0.25) is 18.6 Å². The maximum Gasteiger partial charge on any atom is 0.240 e. The van der Waals surface area contributed by atoms with Crippen LogP contribution in [0.2, 0.25) is 0 Å². The van der Waals surface area contributed by atoms with E-state index in [4.69, 9.17) is 14.6 Å². The first-order chi connectivity index (χ1) is 22.0. The van der Waals surface area contributed by atoms with Crippen LogP contribution >= 0.6 is 11.8 Å². The second-order valence-electron chi connectivity index (χ2n) is 11.0. The third-order valence-electron chi connectivity index (χ3n) is 7.91. The van der Waals surface area contributed by atoms with E-state index in [0.717, 1.165) is 44.9 Å². The molecule has 0 fully saturated rings. The number of thioether (sulfide) groups is 1. The Kier molecular flexibility index (Phi) is 7.72. The lowest BCUT2D eigenvalue weighted by molar-refractivity contribution is -0.123. The number of pyridine rings is 1. The highest BCUT2D eigenvalue weighted by Crippen LogP contribution is 2.50. The Morgan fingerprint density at radius 3 is 2.60 bits per heavy atom. The monoisotopic (exact) mass is 617 g/mol. The number of aromatic nitrogens is 3. The lowest BCUT2D eigenvalue weighted by atomic mass is 9.99. The molecule has 0 saturated heterocycles. The number of aryl methyl sites for hydroxylation is 2. The molecule has 45 heavy (non-hydrogen) atoms. The van der Waals surface area contributed by atoms with Crippen molar-refractivity contribution in [3.63, 3.8) is 0 Å². The third-order valence-corrected chi connectivity index (χ3v) is 9.17. The van der Waals surface area contributed by atoms with Gasteiger partial charge < -0.3 is 14.8 Å². The van der Waals surface area contributed by atoms with Gasteiger partial charge in [-0.3, -0.25) is 19.5 Å². The van der Waals surface area contributed by atoms with E-state index in [1.807, 2.05) is 97.4 Å². The molecule has 2 aromatic heterocycles. The first-order valence-corrected chi connectivity index (χ1v) is 15.8. The zero-order valence-corrected chi connectivity index (χ0v) is 25.7. The number of rotatable bonds is 7. The highest BCUT2D eigenvalue weighted by molar-refractivity contribution is 8.00. The second kappa shape index (κ2) is 12.1. The van der Waals surface area contributed by atoms with E-state index in [-0.39, 0.29) is 42.7 Å². The van der Waals surface area contributed by atoms with E-state index >= 15 is 0 Å². The van der Waals surface area contributed by atoms with Gasteiger partial charge in [-0.1, -0.05) is 60.2 Å². The van der Waals surface area contributed by atoms with Gasteiger partial charge in [-0.2, -0.15) is 5.10 Å². The molecular weight excluding hydrogens is 586 g/mol. The minimum absolute atomic E-state index is 0.168. The molecule has 4 heterocycles. The number of carbonyl (C=O) groups is 2. The van der Waals surface area contributed by atoms with Gasteiger partial charge in [0, 0.05) is 17.3 Å². The summed E-state index contributed by atoms with van der Waals surface area (Å²) in [5, 5.41) is 7.87. The molecule has 2 aliphatic rings. The van der Waals surface area contributed by atoms with Gasteiger partial charge >= 0.3 is 0 Å². The van der Waals surface area contributed by atoms with Crippen LogP contribution in [0, 0.1) is 13.8 Å². The highest BCUT2D eigenvalue weighted by Gasteiger charge is 2.38. The second-order valence-corrected chi connectivity index (χ2v) is 12.1. The summed E-state index contributed by atoms with van der Waals surface area (Å²) in [6.45, 7) is 4.34. The summed E-state index contributed by atoms with van der Waals surface area (Å²) in [4.78, 5) is 33.4. The summed E-state index contributed by atoms with van der Waals surface area (Å²) in [5.74, 6) is 1.63. The number of hydrogen-bond acceptors (Lipinski definition) is 7. The molecule has 5 aromatic rings. The number of amides is 2. The molecule has 0 radical (unpaired) electrons. The van der Waals surface area contributed by atoms with Gasteiger partial charge in [-0.25, -0.2) is 4.68 Å². The first kappa shape index (κ1) is 28.7. The molecule has 1 unspecified atom stereocenters. The van der Waals surface area contributed by atoms with Crippen molar-refractivity contribution in [2.75, 3.05) is 24.0 Å². The lowest BCUT2D eigenvalue weighted by Gasteiger charge is -2.24. The van der Waals surface area contributed by atoms with Crippen LogP contribution in [0.4, 0.5) is 5.82 Å². The fourth-order valence-electron chi connectivity index (χ4n) is 5.77. The van der Waals surface area contributed by atoms with Gasteiger partial charge in [0.15, 0.2) is 11.5 Å². The molecule has 9 nitrogen and oxygen atoms in total. The van der Waals surface area contributed by atoms with Crippen molar-refractivity contribution < 1.29 is 19.1 Å². The third kappa shape index (κ3) is 5.64. The van der Waals surface area contributed by atoms with Crippen LogP contribution < -0.4 is 19.7 Å². The van der Waals surface area contributed by atoms with Crippen molar-refractivity contribution in [3.8, 4) is 28.4 Å². The van der Waals surface area contributed by atoms with E-state index in [9.17, 15) is 9.59 Å². The normalized spacial score (nSPS) is 15.5. The molecule has 7 rings (SSSR count). The van der Waals surface area contributed by atoms with Crippen LogP contribution in [0.15, 0.2) is 91.1 Å². The molecule has 3 aromatic carbocycles. The minimum atomic E-state index is -0.291. The molecule has 1 N–H and O–H groups in total. The van der Waals surface area contributed by atoms with Crippen LogP contribution in [0.25, 0.3) is 16.9 Å². The van der Waals surface area contributed by atoms with Crippen LogP contribution in [-0.2, 0) is 16.1 Å². The number of nitrogens with one attached hydrogen (secondary N) is 1. The quantitative estimate of drug-likeness (QED) is 0.248. The van der Waals surface area contributed by atoms with Crippen LogP contribution in [0.3, 0.4) is 0 Å². The first-order valence-electron chi connectivity index (χ1n) is 14.7. The number of carbonyl (C=O) groups excluding carboxylic acids is 2. The Morgan fingerprint density at radius 2 is 1.80 bits per heavy atom. The topological polar surface area (TPSA) is 98.6 Å². The average molecular weight is 618 g/mol. The predicted molar refractivity (Wildman–Crippen MR) is 174 cm³/mol. The summed E-state index contributed by atoms with van der Waals surface area (Å²) in [6, 6.07) is 27.6. The Bertz CT molecular complexity index is 1890.